The Morgan fingerprint density at radius 1 is 1.62 bits per heavy atom. The monoisotopic (exact) mass is 350 g/mol. The summed E-state index contributed by atoms with van der Waals surface area (Å²) in [4.78, 5) is 17.9. The highest BCUT2D eigenvalue weighted by atomic mass is 127. The summed E-state index contributed by atoms with van der Waals surface area (Å²) in [5.74, 6) is 1.66. The standard InChI is InChI=1S/C11H12ClIN2O/c1-7-9(13)2-3-10(14-7)15-6-8(5-12)4-11(15)16/h2-3,8H,4-6H2,1H3. The van der Waals surface area contributed by atoms with Gasteiger partial charge in [-0.2, -0.15) is 0 Å². The van der Waals surface area contributed by atoms with Crippen molar-refractivity contribution in [2.24, 2.45) is 5.92 Å². The number of rotatable bonds is 2. The van der Waals surface area contributed by atoms with E-state index in [0.717, 1.165) is 15.1 Å². The van der Waals surface area contributed by atoms with Gasteiger partial charge < -0.3 is 0 Å². The molecule has 0 saturated carbocycles. The zero-order valence-electron chi connectivity index (χ0n) is 8.91. The van der Waals surface area contributed by atoms with E-state index in [1.807, 2.05) is 19.1 Å². The maximum atomic E-state index is 11.8. The van der Waals surface area contributed by atoms with E-state index in [-0.39, 0.29) is 11.8 Å². The van der Waals surface area contributed by atoms with E-state index in [1.165, 1.54) is 0 Å². The Bertz CT molecular complexity index is 424. The molecule has 1 amide bonds. The van der Waals surface area contributed by atoms with E-state index in [2.05, 4.69) is 27.6 Å². The second-order valence-corrected chi connectivity index (χ2v) is 5.44. The molecule has 1 aromatic rings. The van der Waals surface area contributed by atoms with Crippen LogP contribution in [0.3, 0.4) is 0 Å². The van der Waals surface area contributed by atoms with E-state index in [9.17, 15) is 4.79 Å². The summed E-state index contributed by atoms with van der Waals surface area (Å²) in [6.45, 7) is 2.64. The average Bonchev–Trinajstić information content (AvgIpc) is 2.64. The molecule has 0 aromatic carbocycles. The molecular formula is C11H12ClIN2O. The quantitative estimate of drug-likeness (QED) is 0.607. The van der Waals surface area contributed by atoms with Crippen LogP contribution in [0.4, 0.5) is 5.82 Å². The Morgan fingerprint density at radius 2 is 2.38 bits per heavy atom. The van der Waals surface area contributed by atoms with E-state index < -0.39 is 0 Å². The van der Waals surface area contributed by atoms with Crippen LogP contribution in [-0.4, -0.2) is 23.3 Å². The third kappa shape index (κ3) is 2.32. The Labute approximate surface area is 113 Å². The van der Waals surface area contributed by atoms with Crippen molar-refractivity contribution >= 4 is 45.9 Å². The molecule has 1 aromatic heterocycles. The van der Waals surface area contributed by atoms with Crippen molar-refractivity contribution in [2.45, 2.75) is 13.3 Å². The van der Waals surface area contributed by atoms with Crippen LogP contribution in [0.5, 0.6) is 0 Å². The molecule has 1 aliphatic heterocycles. The molecule has 1 aliphatic rings. The van der Waals surface area contributed by atoms with Gasteiger partial charge >= 0.3 is 0 Å². The second-order valence-electron chi connectivity index (χ2n) is 3.97. The molecule has 0 N–H and O–H groups in total. The zero-order chi connectivity index (χ0) is 11.7. The minimum atomic E-state index is 0.124. The lowest BCUT2D eigenvalue weighted by Crippen LogP contribution is -2.25. The van der Waals surface area contributed by atoms with E-state index >= 15 is 0 Å². The van der Waals surface area contributed by atoms with E-state index in [0.29, 0.717) is 18.8 Å². The number of amides is 1. The lowest BCUT2D eigenvalue weighted by Gasteiger charge is -2.15. The average molecular weight is 351 g/mol. The SMILES string of the molecule is Cc1nc(N2CC(CCl)CC2=O)ccc1I. The first-order valence-corrected chi connectivity index (χ1v) is 6.72. The molecule has 2 rings (SSSR count). The van der Waals surface area contributed by atoms with Crippen molar-refractivity contribution in [1.29, 1.82) is 0 Å². The van der Waals surface area contributed by atoms with Gasteiger partial charge in [-0.1, -0.05) is 0 Å². The number of carbonyl (C=O) groups excluding carboxylic acids is 1. The molecule has 1 fully saturated rings. The fraction of sp³-hybridized carbons (Fsp3) is 0.455. The molecule has 0 radical (unpaired) electrons. The Morgan fingerprint density at radius 3 is 2.94 bits per heavy atom. The first-order chi connectivity index (χ1) is 7.61. The fourth-order valence-electron chi connectivity index (χ4n) is 1.79. The number of aromatic nitrogens is 1. The molecule has 2 heterocycles. The maximum Gasteiger partial charge on any atom is 0.228 e. The largest absolute Gasteiger partial charge is 0.296 e. The van der Waals surface area contributed by atoms with Crippen LogP contribution in [0.1, 0.15) is 12.1 Å². The number of hydrogen-bond acceptors (Lipinski definition) is 2. The second kappa shape index (κ2) is 4.87. The first-order valence-electron chi connectivity index (χ1n) is 5.11. The summed E-state index contributed by atoms with van der Waals surface area (Å²) in [5.41, 5.74) is 0.959. The number of hydrogen-bond donors (Lipinski definition) is 0. The van der Waals surface area contributed by atoms with Gasteiger partial charge in [0.15, 0.2) is 0 Å². The van der Waals surface area contributed by atoms with Crippen LogP contribution in [0.2, 0.25) is 0 Å². The van der Waals surface area contributed by atoms with Crippen molar-refractivity contribution in [2.75, 3.05) is 17.3 Å². The van der Waals surface area contributed by atoms with Crippen molar-refractivity contribution in [3.05, 3.63) is 21.4 Å². The molecule has 1 saturated heterocycles. The highest BCUT2D eigenvalue weighted by Crippen LogP contribution is 2.25. The summed E-state index contributed by atoms with van der Waals surface area (Å²) < 4.78 is 1.11. The molecule has 3 nitrogen and oxygen atoms in total. The van der Waals surface area contributed by atoms with E-state index in [4.69, 9.17) is 11.6 Å². The smallest absolute Gasteiger partial charge is 0.228 e. The van der Waals surface area contributed by atoms with Crippen molar-refractivity contribution in [3.8, 4) is 0 Å². The number of aryl methyl sites for hydroxylation is 1. The third-order valence-electron chi connectivity index (χ3n) is 2.71. The molecule has 86 valence electrons. The minimum Gasteiger partial charge on any atom is -0.296 e. The number of carbonyl (C=O) groups is 1. The summed E-state index contributed by atoms with van der Waals surface area (Å²) in [7, 11) is 0. The number of nitrogens with zero attached hydrogens (tertiary/aromatic N) is 2. The number of anilines is 1. The van der Waals surface area contributed by atoms with Gasteiger partial charge in [0.05, 0.1) is 5.69 Å². The zero-order valence-corrected chi connectivity index (χ0v) is 11.8. The molecule has 16 heavy (non-hydrogen) atoms. The number of alkyl halides is 1. The normalized spacial score (nSPS) is 20.6. The highest BCUT2D eigenvalue weighted by molar-refractivity contribution is 14.1. The molecule has 0 aliphatic carbocycles. The molecular weight excluding hydrogens is 338 g/mol. The van der Waals surface area contributed by atoms with Gasteiger partial charge in [-0.25, -0.2) is 4.98 Å². The summed E-state index contributed by atoms with van der Waals surface area (Å²) in [6.07, 6.45) is 0.538. The van der Waals surface area contributed by atoms with E-state index in [1.54, 1.807) is 4.90 Å². The van der Waals surface area contributed by atoms with Gasteiger partial charge in [0.25, 0.3) is 0 Å². The topological polar surface area (TPSA) is 33.2 Å². The molecule has 0 spiro atoms. The minimum absolute atomic E-state index is 0.124. The van der Waals surface area contributed by atoms with Crippen LogP contribution in [-0.2, 0) is 4.79 Å². The van der Waals surface area contributed by atoms with Gasteiger partial charge in [-0.15, -0.1) is 11.6 Å². The van der Waals surface area contributed by atoms with Gasteiger partial charge in [0, 0.05) is 22.4 Å². The van der Waals surface area contributed by atoms with Gasteiger partial charge in [0.1, 0.15) is 5.82 Å². The van der Waals surface area contributed by atoms with Crippen LogP contribution in [0.15, 0.2) is 12.1 Å². The Kier molecular flexibility index (Phi) is 3.69. The fourth-order valence-corrected chi connectivity index (χ4v) is 2.29. The van der Waals surface area contributed by atoms with Crippen molar-refractivity contribution < 1.29 is 4.79 Å². The molecule has 0 bridgehead atoms. The first kappa shape index (κ1) is 12.1. The molecule has 1 atom stereocenters. The Hall–Kier alpha value is -0.360. The van der Waals surface area contributed by atoms with Crippen LogP contribution < -0.4 is 4.90 Å². The van der Waals surface area contributed by atoms with Gasteiger partial charge in [-0.05, 0) is 47.6 Å². The number of halogens is 2. The molecule has 1 unspecified atom stereocenters. The number of pyridine rings is 1. The highest BCUT2D eigenvalue weighted by Gasteiger charge is 2.30. The molecule has 5 heteroatoms. The lowest BCUT2D eigenvalue weighted by atomic mass is 10.1. The van der Waals surface area contributed by atoms with Gasteiger partial charge in [0.2, 0.25) is 5.91 Å². The third-order valence-corrected chi connectivity index (χ3v) is 4.28. The van der Waals surface area contributed by atoms with Crippen molar-refractivity contribution in [1.82, 2.24) is 4.98 Å². The predicted octanol–water partition coefficient (Wildman–Crippen LogP) is 2.59. The van der Waals surface area contributed by atoms with Crippen LogP contribution in [0, 0.1) is 16.4 Å². The van der Waals surface area contributed by atoms with Crippen LogP contribution in [0.25, 0.3) is 0 Å². The summed E-state index contributed by atoms with van der Waals surface area (Å²) in [6, 6.07) is 3.88. The summed E-state index contributed by atoms with van der Waals surface area (Å²) in [5, 5.41) is 0. The summed E-state index contributed by atoms with van der Waals surface area (Å²) >= 11 is 8.02. The van der Waals surface area contributed by atoms with Crippen molar-refractivity contribution in [3.63, 3.8) is 0 Å². The predicted molar refractivity (Wildman–Crippen MR) is 72.9 cm³/mol. The Balaban J connectivity index is 2.24. The van der Waals surface area contributed by atoms with Gasteiger partial charge in [-0.3, -0.25) is 9.69 Å². The lowest BCUT2D eigenvalue weighted by molar-refractivity contribution is -0.117. The van der Waals surface area contributed by atoms with Crippen LogP contribution >= 0.6 is 34.2 Å². The maximum absolute atomic E-state index is 11.8.